The van der Waals surface area contributed by atoms with Gasteiger partial charge in [-0.2, -0.15) is 4.98 Å². The van der Waals surface area contributed by atoms with E-state index in [1.54, 1.807) is 12.1 Å². The van der Waals surface area contributed by atoms with Gasteiger partial charge in [0, 0.05) is 29.3 Å². The van der Waals surface area contributed by atoms with E-state index in [1.165, 1.54) is 12.1 Å². The van der Waals surface area contributed by atoms with Gasteiger partial charge < -0.3 is 14.7 Å². The molecule has 2 heterocycles. The van der Waals surface area contributed by atoms with Crippen molar-refractivity contribution in [3.05, 3.63) is 64.7 Å². The molecule has 0 unspecified atom stereocenters. The van der Waals surface area contributed by atoms with Crippen LogP contribution in [0.5, 0.6) is 5.88 Å². The molecule has 234 valence electrons. The number of anilines is 1. The summed E-state index contributed by atoms with van der Waals surface area (Å²) < 4.78 is 36.3. The fourth-order valence-electron chi connectivity index (χ4n) is 7.61. The van der Waals surface area contributed by atoms with E-state index >= 15 is 0 Å². The van der Waals surface area contributed by atoms with Crippen molar-refractivity contribution in [1.29, 1.82) is 0 Å². The summed E-state index contributed by atoms with van der Waals surface area (Å²) in [5, 5.41) is 9.61. The second-order valence-corrected chi connectivity index (χ2v) is 15.2. The third-order valence-electron chi connectivity index (χ3n) is 9.65. The maximum atomic E-state index is 14.3. The molecule has 0 radical (unpaired) electrons. The SMILES string of the molecule is Cc1cccc(C)c1-c1nc2nc(c1C)OC[C@@H](CC(C)C)N(C1CC3(CC(CO)C3)C1)C(=O)c1cccc(c1)S(=O)(=O)N2. The first-order valence-corrected chi connectivity index (χ1v) is 17.0. The monoisotopic (exact) mass is 618 g/mol. The lowest BCUT2D eigenvalue weighted by Crippen LogP contribution is -2.61. The summed E-state index contributed by atoms with van der Waals surface area (Å²) in [4.78, 5) is 25.5. The molecule has 3 aromatic rings. The van der Waals surface area contributed by atoms with Crippen LogP contribution in [-0.4, -0.2) is 59.6 Å². The number of fused-ring (bicyclic) bond motifs is 4. The van der Waals surface area contributed by atoms with Crippen LogP contribution in [0.4, 0.5) is 5.95 Å². The van der Waals surface area contributed by atoms with Crippen LogP contribution in [0.3, 0.4) is 0 Å². The number of aliphatic hydroxyl groups is 1. The predicted octanol–water partition coefficient (Wildman–Crippen LogP) is 5.67. The Kier molecular flexibility index (Phi) is 7.94. The van der Waals surface area contributed by atoms with Crippen LogP contribution >= 0.6 is 0 Å². The normalized spacial score (nSPS) is 26.0. The molecule has 2 fully saturated rings. The summed E-state index contributed by atoms with van der Waals surface area (Å²) in [7, 11) is -4.12. The molecule has 4 bridgehead atoms. The van der Waals surface area contributed by atoms with Crippen molar-refractivity contribution in [2.45, 2.75) is 83.7 Å². The first kappa shape index (κ1) is 30.5. The molecule has 2 aromatic carbocycles. The van der Waals surface area contributed by atoms with Gasteiger partial charge in [-0.05, 0) is 99.5 Å². The number of nitrogens with zero attached hydrogens (tertiary/aromatic N) is 3. The first-order chi connectivity index (χ1) is 20.9. The van der Waals surface area contributed by atoms with Crippen molar-refractivity contribution in [3.63, 3.8) is 0 Å². The van der Waals surface area contributed by atoms with E-state index in [1.807, 2.05) is 43.9 Å². The van der Waals surface area contributed by atoms with E-state index in [2.05, 4.69) is 23.6 Å². The smallest absolute Gasteiger partial charge is 0.264 e. The highest BCUT2D eigenvalue weighted by Crippen LogP contribution is 2.60. The third kappa shape index (κ3) is 5.58. The first-order valence-electron chi connectivity index (χ1n) is 15.5. The van der Waals surface area contributed by atoms with Crippen molar-refractivity contribution in [3.8, 4) is 17.1 Å². The van der Waals surface area contributed by atoms with Gasteiger partial charge >= 0.3 is 0 Å². The van der Waals surface area contributed by atoms with Crippen molar-refractivity contribution in [2.24, 2.45) is 17.3 Å². The topological polar surface area (TPSA) is 122 Å². The number of carbonyl (C=O) groups is 1. The molecule has 2 saturated carbocycles. The largest absolute Gasteiger partial charge is 0.475 e. The van der Waals surface area contributed by atoms with Crippen LogP contribution in [0.2, 0.25) is 0 Å². The number of hydrogen-bond acceptors (Lipinski definition) is 7. The summed E-state index contributed by atoms with van der Waals surface area (Å²) in [5.74, 6) is 0.635. The van der Waals surface area contributed by atoms with E-state index in [4.69, 9.17) is 9.72 Å². The Balaban J connectivity index is 1.46. The molecule has 2 N–H and O–H groups in total. The van der Waals surface area contributed by atoms with Gasteiger partial charge in [0.1, 0.15) is 6.61 Å². The lowest BCUT2D eigenvalue weighted by atomic mass is 9.50. The second-order valence-electron chi connectivity index (χ2n) is 13.6. The Morgan fingerprint density at radius 3 is 2.39 bits per heavy atom. The number of nitrogens with one attached hydrogen (secondary N) is 1. The van der Waals surface area contributed by atoms with Crippen LogP contribution in [-0.2, 0) is 10.0 Å². The Hall–Kier alpha value is -3.50. The standard InChI is InChI=1S/C34H42N4O5S/c1-20(2)12-26-19-43-31-23(5)30(29-21(3)8-6-9-22(29)4)35-33(36-31)37-44(41,42)28-11-7-10-25(13-28)32(40)38(26)27-16-34(17-27)14-24(15-34)18-39/h6-11,13,20,24,26-27,39H,12,14-19H2,1-5H3,(H,35,36,37)/t24?,26-,27?,34?/m1/s1. The number of benzene rings is 2. The van der Waals surface area contributed by atoms with Gasteiger partial charge in [-0.15, -0.1) is 0 Å². The zero-order valence-electron chi connectivity index (χ0n) is 26.1. The minimum absolute atomic E-state index is 0.00486. The third-order valence-corrected chi connectivity index (χ3v) is 11.0. The molecule has 3 aliphatic rings. The lowest BCUT2D eigenvalue weighted by Gasteiger charge is -2.60. The van der Waals surface area contributed by atoms with Crippen molar-refractivity contribution in [2.75, 3.05) is 17.9 Å². The summed E-state index contributed by atoms with van der Waals surface area (Å²) in [5.41, 5.74) is 4.72. The van der Waals surface area contributed by atoms with Gasteiger partial charge in [0.15, 0.2) is 0 Å². The number of hydrogen-bond donors (Lipinski definition) is 2. The Bertz CT molecular complexity index is 1670. The molecule has 2 aliphatic carbocycles. The number of carbonyl (C=O) groups excluding carboxylic acids is 1. The average molecular weight is 619 g/mol. The van der Waals surface area contributed by atoms with Gasteiger partial charge in [0.25, 0.3) is 15.9 Å². The number of ether oxygens (including phenoxy) is 1. The van der Waals surface area contributed by atoms with Crippen molar-refractivity contribution in [1.82, 2.24) is 14.9 Å². The molecule has 1 atom stereocenters. The molecular weight excluding hydrogens is 576 g/mol. The maximum absolute atomic E-state index is 14.3. The van der Waals surface area contributed by atoms with E-state index in [-0.39, 0.29) is 59.3 Å². The number of amides is 1. The van der Waals surface area contributed by atoms with Crippen LogP contribution < -0.4 is 9.46 Å². The zero-order valence-corrected chi connectivity index (χ0v) is 26.9. The Morgan fingerprint density at radius 2 is 1.73 bits per heavy atom. The van der Waals surface area contributed by atoms with E-state index in [0.717, 1.165) is 42.4 Å². The van der Waals surface area contributed by atoms with Gasteiger partial charge in [-0.25, -0.2) is 18.1 Å². The number of aryl methyl sites for hydroxylation is 2. The molecule has 1 spiro atoms. The molecule has 1 aliphatic heterocycles. The summed E-state index contributed by atoms with van der Waals surface area (Å²) >= 11 is 0. The van der Waals surface area contributed by atoms with Gasteiger partial charge in [0.05, 0.1) is 16.6 Å². The fraction of sp³-hybridized carbons (Fsp3) is 0.500. The lowest BCUT2D eigenvalue weighted by molar-refractivity contribution is -0.102. The van der Waals surface area contributed by atoms with Gasteiger partial charge in [0.2, 0.25) is 11.8 Å². The molecule has 1 aromatic heterocycles. The van der Waals surface area contributed by atoms with Crippen molar-refractivity contribution >= 4 is 21.9 Å². The summed E-state index contributed by atoms with van der Waals surface area (Å²) in [6.07, 6.45) is 4.42. The highest BCUT2D eigenvalue weighted by molar-refractivity contribution is 7.92. The summed E-state index contributed by atoms with van der Waals surface area (Å²) in [6, 6.07) is 11.9. The minimum atomic E-state index is -4.12. The molecule has 9 nitrogen and oxygen atoms in total. The van der Waals surface area contributed by atoms with Crippen molar-refractivity contribution < 1.29 is 23.1 Å². The highest BCUT2D eigenvalue weighted by Gasteiger charge is 2.55. The van der Waals surface area contributed by atoms with E-state index in [0.29, 0.717) is 29.2 Å². The van der Waals surface area contributed by atoms with Crippen LogP contribution in [0.1, 0.15) is 73.0 Å². The number of aliphatic hydroxyl groups excluding tert-OH is 1. The quantitative estimate of drug-likeness (QED) is 0.378. The maximum Gasteiger partial charge on any atom is 0.264 e. The van der Waals surface area contributed by atoms with Gasteiger partial charge in [-0.1, -0.05) is 38.1 Å². The molecule has 0 saturated heterocycles. The zero-order chi connectivity index (χ0) is 31.4. The van der Waals surface area contributed by atoms with Crippen LogP contribution in [0.25, 0.3) is 11.3 Å². The molecule has 44 heavy (non-hydrogen) atoms. The van der Waals surface area contributed by atoms with Gasteiger partial charge in [-0.3, -0.25) is 4.79 Å². The highest BCUT2D eigenvalue weighted by atomic mass is 32.2. The molecule has 10 heteroatoms. The number of sulfonamides is 1. The molecule has 1 amide bonds. The Morgan fingerprint density at radius 1 is 1.05 bits per heavy atom. The number of aromatic nitrogens is 2. The summed E-state index contributed by atoms with van der Waals surface area (Å²) in [6.45, 7) is 10.6. The Labute approximate surface area is 260 Å². The van der Waals surface area contributed by atoms with Crippen LogP contribution in [0, 0.1) is 38.0 Å². The fourth-order valence-corrected chi connectivity index (χ4v) is 8.60. The van der Waals surface area contributed by atoms with Crippen LogP contribution in [0.15, 0.2) is 47.4 Å². The predicted molar refractivity (Wildman–Crippen MR) is 169 cm³/mol. The molecular formula is C34H42N4O5S. The molecule has 6 rings (SSSR count). The van der Waals surface area contributed by atoms with E-state index in [9.17, 15) is 18.3 Å². The minimum Gasteiger partial charge on any atom is -0.475 e. The second kappa shape index (κ2) is 11.5. The average Bonchev–Trinajstić information content (AvgIpc) is 2.92. The van der Waals surface area contributed by atoms with E-state index < -0.39 is 10.0 Å². The number of rotatable bonds is 5.